The summed E-state index contributed by atoms with van der Waals surface area (Å²) in [5, 5.41) is 0. The van der Waals surface area contributed by atoms with Gasteiger partial charge in [0.05, 0.1) is 11.5 Å². The maximum Gasteiger partial charge on any atom is 0.156 e. The third-order valence-corrected chi connectivity index (χ3v) is 3.88. The molecule has 0 spiro atoms. The molecule has 3 nitrogen and oxygen atoms in total. The average molecular weight is 197 g/mol. The minimum absolute atomic E-state index is 0.0734. The monoisotopic (exact) mass is 197 g/mol. The van der Waals surface area contributed by atoms with E-state index in [4.69, 9.17) is 5.73 Å². The highest BCUT2D eigenvalue weighted by molar-refractivity contribution is 7.90. The standard InChI is InChI=1S/C9H11NO2S/c10-9-6-13(11,12)5-7-3-1-2-4-8(7)9/h1-4,9H,5-6,10H2/t9-/m0/s1. The highest BCUT2D eigenvalue weighted by Gasteiger charge is 2.26. The lowest BCUT2D eigenvalue weighted by Gasteiger charge is -2.21. The Bertz CT molecular complexity index is 425. The van der Waals surface area contributed by atoms with E-state index < -0.39 is 9.84 Å². The van der Waals surface area contributed by atoms with E-state index in [1.165, 1.54) is 0 Å². The first-order valence-corrected chi connectivity index (χ1v) is 5.94. The van der Waals surface area contributed by atoms with E-state index in [9.17, 15) is 8.42 Å². The summed E-state index contributed by atoms with van der Waals surface area (Å²) in [5.74, 6) is 0.209. The third-order valence-electron chi connectivity index (χ3n) is 2.26. The molecular formula is C9H11NO2S. The molecule has 1 aromatic carbocycles. The van der Waals surface area contributed by atoms with Gasteiger partial charge in [-0.3, -0.25) is 0 Å². The fraction of sp³-hybridized carbons (Fsp3) is 0.333. The molecule has 70 valence electrons. The van der Waals surface area contributed by atoms with Crippen LogP contribution < -0.4 is 5.73 Å². The molecule has 1 heterocycles. The van der Waals surface area contributed by atoms with Crippen molar-refractivity contribution < 1.29 is 8.42 Å². The van der Waals surface area contributed by atoms with Crippen LogP contribution in [0.1, 0.15) is 17.2 Å². The molecule has 1 aromatic rings. The van der Waals surface area contributed by atoms with Gasteiger partial charge in [0.25, 0.3) is 0 Å². The zero-order valence-corrected chi connectivity index (χ0v) is 7.92. The minimum atomic E-state index is -2.97. The normalized spacial score (nSPS) is 25.2. The Labute approximate surface area is 77.5 Å². The van der Waals surface area contributed by atoms with Crippen LogP contribution in [0.3, 0.4) is 0 Å². The van der Waals surface area contributed by atoms with Crippen LogP contribution in [0.4, 0.5) is 0 Å². The first-order valence-electron chi connectivity index (χ1n) is 4.12. The topological polar surface area (TPSA) is 60.2 Å². The van der Waals surface area contributed by atoms with Crippen molar-refractivity contribution in [1.82, 2.24) is 0 Å². The second-order valence-electron chi connectivity index (χ2n) is 3.36. The Morgan fingerprint density at radius 1 is 1.31 bits per heavy atom. The van der Waals surface area contributed by atoms with Crippen molar-refractivity contribution in [2.45, 2.75) is 11.8 Å². The van der Waals surface area contributed by atoms with Gasteiger partial charge in [0, 0.05) is 6.04 Å². The Morgan fingerprint density at radius 2 is 2.00 bits per heavy atom. The average Bonchev–Trinajstić information content (AvgIpc) is 2.02. The van der Waals surface area contributed by atoms with Crippen molar-refractivity contribution in [3.63, 3.8) is 0 Å². The first-order chi connectivity index (χ1) is 6.08. The molecule has 0 radical (unpaired) electrons. The summed E-state index contributed by atoms with van der Waals surface area (Å²) in [6.07, 6.45) is 0. The van der Waals surface area contributed by atoms with Gasteiger partial charge in [0.1, 0.15) is 0 Å². The number of benzene rings is 1. The van der Waals surface area contributed by atoms with E-state index in [1.807, 2.05) is 24.3 Å². The molecule has 0 aliphatic carbocycles. The Kier molecular flexibility index (Phi) is 1.89. The predicted molar refractivity (Wildman–Crippen MR) is 50.9 cm³/mol. The molecule has 1 aliphatic heterocycles. The van der Waals surface area contributed by atoms with Crippen molar-refractivity contribution >= 4 is 9.84 Å². The van der Waals surface area contributed by atoms with Crippen LogP contribution >= 0.6 is 0 Å². The smallest absolute Gasteiger partial charge is 0.156 e. The van der Waals surface area contributed by atoms with E-state index >= 15 is 0 Å². The Hall–Kier alpha value is -0.870. The van der Waals surface area contributed by atoms with Gasteiger partial charge < -0.3 is 5.73 Å². The van der Waals surface area contributed by atoms with Gasteiger partial charge in [0.2, 0.25) is 0 Å². The molecule has 1 atom stereocenters. The van der Waals surface area contributed by atoms with Crippen molar-refractivity contribution in [2.75, 3.05) is 5.75 Å². The second kappa shape index (κ2) is 2.82. The van der Waals surface area contributed by atoms with Gasteiger partial charge in [-0.15, -0.1) is 0 Å². The first kappa shape index (κ1) is 8.72. The molecule has 0 fully saturated rings. The fourth-order valence-corrected chi connectivity index (χ4v) is 3.27. The number of hydrogen-bond donors (Lipinski definition) is 1. The Balaban J connectivity index is 2.55. The summed E-state index contributed by atoms with van der Waals surface area (Å²) in [6.45, 7) is 0. The van der Waals surface area contributed by atoms with Crippen LogP contribution in [0.15, 0.2) is 24.3 Å². The summed E-state index contributed by atoms with van der Waals surface area (Å²) in [5.41, 5.74) is 7.56. The van der Waals surface area contributed by atoms with Crippen LogP contribution in [0.2, 0.25) is 0 Å². The van der Waals surface area contributed by atoms with Crippen LogP contribution in [0.5, 0.6) is 0 Å². The lowest BCUT2D eigenvalue weighted by Crippen LogP contribution is -2.28. The fourth-order valence-electron chi connectivity index (χ4n) is 1.69. The van der Waals surface area contributed by atoms with Gasteiger partial charge in [-0.1, -0.05) is 24.3 Å². The maximum absolute atomic E-state index is 11.3. The summed E-state index contributed by atoms with van der Waals surface area (Å²) in [7, 11) is -2.97. The van der Waals surface area contributed by atoms with E-state index in [-0.39, 0.29) is 17.5 Å². The van der Waals surface area contributed by atoms with Gasteiger partial charge >= 0.3 is 0 Å². The molecule has 0 amide bonds. The number of rotatable bonds is 0. The molecule has 0 saturated heterocycles. The molecule has 0 saturated carbocycles. The van der Waals surface area contributed by atoms with Gasteiger partial charge in [-0.05, 0) is 11.1 Å². The van der Waals surface area contributed by atoms with Crippen LogP contribution in [0.25, 0.3) is 0 Å². The van der Waals surface area contributed by atoms with E-state index in [2.05, 4.69) is 0 Å². The number of nitrogens with two attached hydrogens (primary N) is 1. The molecular weight excluding hydrogens is 186 g/mol. The molecule has 2 N–H and O–H groups in total. The number of fused-ring (bicyclic) bond motifs is 1. The molecule has 4 heteroatoms. The maximum atomic E-state index is 11.3. The molecule has 0 unspecified atom stereocenters. The van der Waals surface area contributed by atoms with Crippen LogP contribution in [0, 0.1) is 0 Å². The predicted octanol–water partition coefficient (Wildman–Crippen LogP) is 0.615. The van der Waals surface area contributed by atoms with E-state index in [1.54, 1.807) is 0 Å². The highest BCUT2D eigenvalue weighted by Crippen LogP contribution is 2.25. The highest BCUT2D eigenvalue weighted by atomic mass is 32.2. The SMILES string of the molecule is N[C@H]1CS(=O)(=O)Cc2ccccc21. The lowest BCUT2D eigenvalue weighted by molar-refractivity contribution is 0.582. The minimum Gasteiger partial charge on any atom is -0.323 e. The summed E-state index contributed by atoms with van der Waals surface area (Å²) < 4.78 is 22.7. The summed E-state index contributed by atoms with van der Waals surface area (Å²) in [6, 6.07) is 7.10. The largest absolute Gasteiger partial charge is 0.323 e. The van der Waals surface area contributed by atoms with Gasteiger partial charge in [-0.2, -0.15) is 0 Å². The zero-order valence-electron chi connectivity index (χ0n) is 7.10. The van der Waals surface area contributed by atoms with Crippen LogP contribution in [-0.2, 0) is 15.6 Å². The molecule has 2 rings (SSSR count). The van der Waals surface area contributed by atoms with E-state index in [0.717, 1.165) is 11.1 Å². The summed E-state index contributed by atoms with van der Waals surface area (Å²) >= 11 is 0. The van der Waals surface area contributed by atoms with Gasteiger partial charge in [-0.25, -0.2) is 8.42 Å². The number of sulfone groups is 1. The van der Waals surface area contributed by atoms with Crippen molar-refractivity contribution in [3.8, 4) is 0 Å². The zero-order chi connectivity index (χ0) is 9.47. The lowest BCUT2D eigenvalue weighted by atomic mass is 10.0. The summed E-state index contributed by atoms with van der Waals surface area (Å²) in [4.78, 5) is 0. The molecule has 0 bridgehead atoms. The molecule has 13 heavy (non-hydrogen) atoms. The van der Waals surface area contributed by atoms with Crippen LogP contribution in [-0.4, -0.2) is 14.2 Å². The van der Waals surface area contributed by atoms with Crippen molar-refractivity contribution in [2.24, 2.45) is 5.73 Å². The van der Waals surface area contributed by atoms with Gasteiger partial charge in [0.15, 0.2) is 9.84 Å². The second-order valence-corrected chi connectivity index (χ2v) is 5.47. The van der Waals surface area contributed by atoms with Crippen molar-refractivity contribution in [3.05, 3.63) is 35.4 Å². The quantitative estimate of drug-likeness (QED) is 0.663. The molecule has 0 aromatic heterocycles. The third kappa shape index (κ3) is 1.59. The number of hydrogen-bond acceptors (Lipinski definition) is 3. The van der Waals surface area contributed by atoms with Crippen molar-refractivity contribution in [1.29, 1.82) is 0 Å². The molecule has 1 aliphatic rings. The van der Waals surface area contributed by atoms with E-state index in [0.29, 0.717) is 0 Å². The Morgan fingerprint density at radius 3 is 2.77 bits per heavy atom.